The first-order valence-corrected chi connectivity index (χ1v) is 10.5. The fraction of sp³-hybridized carbons (Fsp3) is 0.435. The number of nitrogens with zero attached hydrogens (tertiary/aromatic N) is 5. The first-order valence-electron chi connectivity index (χ1n) is 10.1. The molecule has 1 aliphatic heterocycles. The molecule has 3 aromatic rings. The fourth-order valence-corrected chi connectivity index (χ4v) is 4.86. The molecule has 4 rings (SSSR count). The van der Waals surface area contributed by atoms with E-state index in [4.69, 9.17) is 28.1 Å². The first-order chi connectivity index (χ1) is 13.9. The molecule has 1 aliphatic rings. The van der Waals surface area contributed by atoms with E-state index in [0.29, 0.717) is 12.5 Å². The summed E-state index contributed by atoms with van der Waals surface area (Å²) in [4.78, 5) is 15.6. The highest BCUT2D eigenvalue weighted by atomic mass is 35.5. The Bertz CT molecular complexity index is 1090. The van der Waals surface area contributed by atoms with Crippen LogP contribution in [0.25, 0.3) is 21.6 Å². The zero-order chi connectivity index (χ0) is 20.7. The number of hydrogen-bond donors (Lipinski definition) is 0. The van der Waals surface area contributed by atoms with Crippen LogP contribution >= 0.6 is 11.6 Å². The number of fused-ring (bicyclic) bond motifs is 1. The van der Waals surface area contributed by atoms with Crippen molar-refractivity contribution in [2.45, 2.75) is 40.5 Å². The third-order valence-electron chi connectivity index (χ3n) is 5.89. The molecule has 5 nitrogen and oxygen atoms in total. The molecule has 0 amide bonds. The van der Waals surface area contributed by atoms with Crippen molar-refractivity contribution in [3.05, 3.63) is 57.3 Å². The highest BCUT2D eigenvalue weighted by Gasteiger charge is 2.26. The highest BCUT2D eigenvalue weighted by Crippen LogP contribution is 2.35. The molecule has 0 spiro atoms. The molecular weight excluding hydrogens is 382 g/mol. The molecule has 29 heavy (non-hydrogen) atoms. The minimum absolute atomic E-state index is 0.507. The Morgan fingerprint density at radius 1 is 1.07 bits per heavy atom. The Morgan fingerprint density at radius 3 is 2.34 bits per heavy atom. The second-order valence-corrected chi connectivity index (χ2v) is 8.57. The summed E-state index contributed by atoms with van der Waals surface area (Å²) in [7, 11) is 0. The van der Waals surface area contributed by atoms with Crippen molar-refractivity contribution < 1.29 is 0 Å². The topological polar surface area (TPSA) is 38.3 Å². The third kappa shape index (κ3) is 3.58. The third-order valence-corrected chi connectivity index (χ3v) is 6.11. The zero-order valence-corrected chi connectivity index (χ0v) is 18.2. The van der Waals surface area contributed by atoms with E-state index in [1.54, 1.807) is 0 Å². The predicted octanol–water partition coefficient (Wildman–Crippen LogP) is 5.44. The van der Waals surface area contributed by atoms with Crippen LogP contribution in [-0.4, -0.2) is 34.2 Å². The SMILES string of the molecule is [C-]#[N+]CC1CCN(c2nc(C)nc3c2c(C)cn3-c2c(C)cc(Cl)cc2C)CC1. The molecule has 0 bridgehead atoms. The lowest BCUT2D eigenvalue weighted by molar-refractivity contribution is 0.429. The van der Waals surface area contributed by atoms with Crippen molar-refractivity contribution in [3.63, 3.8) is 0 Å². The predicted molar refractivity (Wildman–Crippen MR) is 119 cm³/mol. The fourth-order valence-electron chi connectivity index (χ4n) is 4.53. The van der Waals surface area contributed by atoms with Crippen molar-refractivity contribution in [1.29, 1.82) is 0 Å². The molecule has 1 fully saturated rings. The van der Waals surface area contributed by atoms with Crippen LogP contribution in [0.2, 0.25) is 5.02 Å². The number of anilines is 1. The van der Waals surface area contributed by atoms with E-state index >= 15 is 0 Å². The minimum Gasteiger partial charge on any atom is -0.356 e. The summed E-state index contributed by atoms with van der Waals surface area (Å²) in [5, 5.41) is 1.87. The van der Waals surface area contributed by atoms with Gasteiger partial charge in [0, 0.05) is 30.2 Å². The lowest BCUT2D eigenvalue weighted by atomic mass is 9.97. The second kappa shape index (κ2) is 7.68. The van der Waals surface area contributed by atoms with E-state index in [0.717, 1.165) is 70.4 Å². The number of hydrogen-bond acceptors (Lipinski definition) is 3. The van der Waals surface area contributed by atoms with E-state index in [-0.39, 0.29) is 0 Å². The van der Waals surface area contributed by atoms with Gasteiger partial charge in [-0.05, 0) is 69.4 Å². The molecule has 0 N–H and O–H groups in total. The Kier molecular flexibility index (Phi) is 5.23. The number of halogens is 1. The van der Waals surface area contributed by atoms with Gasteiger partial charge in [0.15, 0.2) is 5.65 Å². The average molecular weight is 408 g/mol. The average Bonchev–Trinajstić information content (AvgIpc) is 2.97. The van der Waals surface area contributed by atoms with Crippen LogP contribution in [0.15, 0.2) is 18.3 Å². The Labute approximate surface area is 177 Å². The number of rotatable bonds is 3. The van der Waals surface area contributed by atoms with Gasteiger partial charge < -0.3 is 14.3 Å². The molecule has 0 aliphatic carbocycles. The smallest absolute Gasteiger partial charge is 0.217 e. The monoisotopic (exact) mass is 407 g/mol. The summed E-state index contributed by atoms with van der Waals surface area (Å²) in [5.74, 6) is 2.31. The summed E-state index contributed by atoms with van der Waals surface area (Å²) in [6.45, 7) is 17.9. The molecule has 6 heteroatoms. The van der Waals surface area contributed by atoms with Crippen molar-refractivity contribution in [2.75, 3.05) is 24.5 Å². The van der Waals surface area contributed by atoms with Crippen molar-refractivity contribution in [1.82, 2.24) is 14.5 Å². The molecular formula is C23H26ClN5. The van der Waals surface area contributed by atoms with Gasteiger partial charge in [0.05, 0.1) is 11.1 Å². The van der Waals surface area contributed by atoms with Crippen LogP contribution in [0.3, 0.4) is 0 Å². The largest absolute Gasteiger partial charge is 0.356 e. The summed E-state index contributed by atoms with van der Waals surface area (Å²) in [6.07, 6.45) is 4.25. The first kappa shape index (κ1) is 19.7. The molecule has 1 aromatic carbocycles. The quantitative estimate of drug-likeness (QED) is 0.542. The molecule has 0 unspecified atom stereocenters. The summed E-state index contributed by atoms with van der Waals surface area (Å²) >= 11 is 6.26. The number of aryl methyl sites for hydroxylation is 4. The van der Waals surface area contributed by atoms with Crippen LogP contribution in [0.4, 0.5) is 5.82 Å². The Morgan fingerprint density at radius 2 is 1.72 bits per heavy atom. The van der Waals surface area contributed by atoms with Crippen LogP contribution < -0.4 is 4.90 Å². The summed E-state index contributed by atoms with van der Waals surface area (Å²) in [6, 6.07) is 4.00. The van der Waals surface area contributed by atoms with Gasteiger partial charge in [-0.15, -0.1) is 0 Å². The molecule has 0 atom stereocenters. The number of piperidine rings is 1. The lowest BCUT2D eigenvalue weighted by Gasteiger charge is -2.31. The maximum absolute atomic E-state index is 7.13. The van der Waals surface area contributed by atoms with E-state index in [9.17, 15) is 0 Å². The normalized spacial score (nSPS) is 15.1. The van der Waals surface area contributed by atoms with Crippen LogP contribution in [-0.2, 0) is 0 Å². The molecule has 3 heterocycles. The van der Waals surface area contributed by atoms with E-state index in [1.165, 1.54) is 5.56 Å². The Balaban J connectivity index is 1.83. The van der Waals surface area contributed by atoms with Gasteiger partial charge in [-0.3, -0.25) is 0 Å². The number of benzene rings is 1. The van der Waals surface area contributed by atoms with Gasteiger partial charge in [0.25, 0.3) is 0 Å². The molecule has 1 saturated heterocycles. The molecule has 0 saturated carbocycles. The second-order valence-electron chi connectivity index (χ2n) is 8.13. The van der Waals surface area contributed by atoms with Gasteiger partial charge in [0.1, 0.15) is 11.6 Å². The van der Waals surface area contributed by atoms with Gasteiger partial charge in [0.2, 0.25) is 6.54 Å². The summed E-state index contributed by atoms with van der Waals surface area (Å²) in [5.41, 5.74) is 5.51. The Hall–Kier alpha value is -2.58. The maximum atomic E-state index is 7.13. The standard InChI is InChI=1S/C23H26ClN5/c1-14-10-19(24)11-15(2)21(14)29-13-16(3)20-22(26-17(4)27-23(20)29)28-8-6-18(7-9-28)12-25-5/h10-11,13,18H,6-9,12H2,1-4H3. The zero-order valence-electron chi connectivity index (χ0n) is 17.5. The number of aromatic nitrogens is 3. The molecule has 0 radical (unpaired) electrons. The van der Waals surface area contributed by atoms with Crippen molar-refractivity contribution in [2.24, 2.45) is 5.92 Å². The molecule has 2 aromatic heterocycles. The van der Waals surface area contributed by atoms with Crippen LogP contribution in [0.5, 0.6) is 0 Å². The van der Waals surface area contributed by atoms with Gasteiger partial charge in [-0.2, -0.15) is 0 Å². The summed E-state index contributed by atoms with van der Waals surface area (Å²) < 4.78 is 2.19. The highest BCUT2D eigenvalue weighted by molar-refractivity contribution is 6.30. The lowest BCUT2D eigenvalue weighted by Crippen LogP contribution is -2.35. The van der Waals surface area contributed by atoms with Crippen LogP contribution in [0, 0.1) is 40.2 Å². The van der Waals surface area contributed by atoms with Crippen molar-refractivity contribution >= 4 is 28.5 Å². The van der Waals surface area contributed by atoms with Crippen LogP contribution in [0.1, 0.15) is 35.4 Å². The van der Waals surface area contributed by atoms with E-state index in [2.05, 4.69) is 41.3 Å². The minimum atomic E-state index is 0.507. The van der Waals surface area contributed by atoms with Gasteiger partial charge in [-0.25, -0.2) is 16.5 Å². The van der Waals surface area contributed by atoms with E-state index < -0.39 is 0 Å². The van der Waals surface area contributed by atoms with Crippen molar-refractivity contribution in [3.8, 4) is 5.69 Å². The van der Waals surface area contributed by atoms with Gasteiger partial charge in [-0.1, -0.05) is 11.6 Å². The van der Waals surface area contributed by atoms with Gasteiger partial charge >= 0.3 is 0 Å². The van der Waals surface area contributed by atoms with E-state index in [1.807, 2.05) is 19.1 Å². The maximum Gasteiger partial charge on any atom is 0.217 e. The molecule has 150 valence electrons.